The minimum Gasteiger partial charge on any atom is -0.338 e. The van der Waals surface area contributed by atoms with Crippen molar-refractivity contribution in [2.45, 2.75) is 46.5 Å². The minimum atomic E-state index is 0.0996. The third kappa shape index (κ3) is 5.35. The third-order valence-corrected chi connectivity index (χ3v) is 4.24. The van der Waals surface area contributed by atoms with Crippen molar-refractivity contribution in [3.8, 4) is 0 Å². The van der Waals surface area contributed by atoms with E-state index < -0.39 is 0 Å². The molecule has 2 heterocycles. The first-order valence-corrected chi connectivity index (χ1v) is 8.34. The van der Waals surface area contributed by atoms with E-state index in [2.05, 4.69) is 37.4 Å². The average Bonchev–Trinajstić information content (AvgIpc) is 3.03. The zero-order valence-corrected chi connectivity index (χ0v) is 14.4. The molecule has 5 heteroatoms. The van der Waals surface area contributed by atoms with Gasteiger partial charge in [0.25, 0.3) is 0 Å². The summed E-state index contributed by atoms with van der Waals surface area (Å²) in [6, 6.07) is 0.0996. The predicted molar refractivity (Wildman–Crippen MR) is 88.7 cm³/mol. The first-order valence-electron chi connectivity index (χ1n) is 8.34. The number of aryl methyl sites for hydroxylation is 1. The molecule has 0 aliphatic carbocycles. The molecular weight excluding hydrogens is 276 g/mol. The van der Waals surface area contributed by atoms with Gasteiger partial charge < -0.3 is 10.2 Å². The van der Waals surface area contributed by atoms with Gasteiger partial charge in [-0.3, -0.25) is 4.68 Å². The van der Waals surface area contributed by atoms with Crippen LogP contribution in [-0.2, 0) is 13.5 Å². The average molecular weight is 306 g/mol. The number of urea groups is 1. The molecule has 0 bridgehead atoms. The zero-order chi connectivity index (χ0) is 16.2. The van der Waals surface area contributed by atoms with E-state index in [1.165, 1.54) is 5.56 Å². The van der Waals surface area contributed by atoms with E-state index in [9.17, 15) is 4.79 Å². The van der Waals surface area contributed by atoms with Crippen LogP contribution in [0, 0.1) is 11.3 Å². The van der Waals surface area contributed by atoms with Crippen LogP contribution in [0.5, 0.6) is 0 Å². The maximum atomic E-state index is 12.2. The SMILES string of the molecule is Cn1cc(C[C@H]2CCN(C(=O)NCCCC(C)(C)C)C2)cn1. The van der Waals surface area contributed by atoms with E-state index in [-0.39, 0.29) is 6.03 Å². The largest absolute Gasteiger partial charge is 0.338 e. The van der Waals surface area contributed by atoms with Crippen molar-refractivity contribution in [3.05, 3.63) is 18.0 Å². The Bertz CT molecular complexity index is 489. The number of nitrogens with one attached hydrogen (secondary N) is 1. The molecule has 0 unspecified atom stereocenters. The van der Waals surface area contributed by atoms with Crippen LogP contribution >= 0.6 is 0 Å². The van der Waals surface area contributed by atoms with Gasteiger partial charge in [-0.1, -0.05) is 20.8 Å². The van der Waals surface area contributed by atoms with E-state index in [4.69, 9.17) is 0 Å². The summed E-state index contributed by atoms with van der Waals surface area (Å²) in [6.45, 7) is 9.21. The molecular formula is C17H30N4O. The molecule has 1 fully saturated rings. The van der Waals surface area contributed by atoms with Crippen molar-refractivity contribution < 1.29 is 4.79 Å². The van der Waals surface area contributed by atoms with Gasteiger partial charge in [-0.05, 0) is 42.6 Å². The van der Waals surface area contributed by atoms with Crippen molar-refractivity contribution in [1.29, 1.82) is 0 Å². The van der Waals surface area contributed by atoms with E-state index in [0.29, 0.717) is 11.3 Å². The molecule has 2 rings (SSSR count). The van der Waals surface area contributed by atoms with Gasteiger partial charge in [0, 0.05) is 32.9 Å². The van der Waals surface area contributed by atoms with Crippen molar-refractivity contribution in [1.82, 2.24) is 20.0 Å². The first kappa shape index (κ1) is 16.8. The molecule has 1 N–H and O–H groups in total. The molecule has 1 atom stereocenters. The van der Waals surface area contributed by atoms with Gasteiger partial charge in [-0.25, -0.2) is 4.79 Å². The van der Waals surface area contributed by atoms with Gasteiger partial charge in [-0.15, -0.1) is 0 Å². The number of hydrogen-bond acceptors (Lipinski definition) is 2. The lowest BCUT2D eigenvalue weighted by Crippen LogP contribution is -2.39. The number of amides is 2. The van der Waals surface area contributed by atoms with Crippen molar-refractivity contribution >= 4 is 6.03 Å². The fourth-order valence-corrected chi connectivity index (χ4v) is 3.02. The Morgan fingerprint density at radius 3 is 2.86 bits per heavy atom. The number of nitrogens with zero attached hydrogens (tertiary/aromatic N) is 3. The second-order valence-corrected chi connectivity index (χ2v) is 7.72. The van der Waals surface area contributed by atoms with Crippen molar-refractivity contribution in [3.63, 3.8) is 0 Å². The Hall–Kier alpha value is -1.52. The van der Waals surface area contributed by atoms with E-state index in [1.54, 1.807) is 0 Å². The second-order valence-electron chi connectivity index (χ2n) is 7.72. The molecule has 1 aromatic rings. The Morgan fingerprint density at radius 2 is 2.23 bits per heavy atom. The summed E-state index contributed by atoms with van der Waals surface area (Å²) in [7, 11) is 1.94. The standard InChI is InChI=1S/C17H30N4O/c1-17(2,3)7-5-8-18-16(22)21-9-6-14(13-21)10-15-11-19-20(4)12-15/h11-12,14H,5-10,13H2,1-4H3,(H,18,22)/t14-/m1/s1. The van der Waals surface area contributed by atoms with Gasteiger partial charge in [0.05, 0.1) is 6.20 Å². The lowest BCUT2D eigenvalue weighted by Gasteiger charge is -2.20. The van der Waals surface area contributed by atoms with Gasteiger partial charge in [0.1, 0.15) is 0 Å². The number of aromatic nitrogens is 2. The molecule has 0 saturated carbocycles. The molecule has 1 aliphatic rings. The Morgan fingerprint density at radius 1 is 1.45 bits per heavy atom. The van der Waals surface area contributed by atoms with E-state index in [1.807, 2.05) is 22.8 Å². The molecule has 0 aromatic carbocycles. The molecule has 124 valence electrons. The smallest absolute Gasteiger partial charge is 0.317 e. The van der Waals surface area contributed by atoms with Crippen LogP contribution in [0.25, 0.3) is 0 Å². The first-order chi connectivity index (χ1) is 10.3. The molecule has 0 spiro atoms. The van der Waals surface area contributed by atoms with Gasteiger partial charge in [0.2, 0.25) is 0 Å². The van der Waals surface area contributed by atoms with Crippen LogP contribution in [-0.4, -0.2) is 40.3 Å². The van der Waals surface area contributed by atoms with Crippen molar-refractivity contribution in [2.24, 2.45) is 18.4 Å². The lowest BCUT2D eigenvalue weighted by atomic mass is 9.91. The number of likely N-dealkylation sites (tertiary alicyclic amines) is 1. The van der Waals surface area contributed by atoms with Crippen LogP contribution in [0.4, 0.5) is 4.79 Å². The molecule has 22 heavy (non-hydrogen) atoms. The van der Waals surface area contributed by atoms with Gasteiger partial charge in [0.15, 0.2) is 0 Å². The maximum Gasteiger partial charge on any atom is 0.317 e. The highest BCUT2D eigenvalue weighted by molar-refractivity contribution is 5.74. The van der Waals surface area contributed by atoms with Gasteiger partial charge in [-0.2, -0.15) is 5.10 Å². The monoisotopic (exact) mass is 306 g/mol. The third-order valence-electron chi connectivity index (χ3n) is 4.24. The Kier molecular flexibility index (Phi) is 5.48. The van der Waals surface area contributed by atoms with Crippen LogP contribution in [0.2, 0.25) is 0 Å². The second kappa shape index (κ2) is 7.16. The van der Waals surface area contributed by atoms with Gasteiger partial charge >= 0.3 is 6.03 Å². The highest BCUT2D eigenvalue weighted by atomic mass is 16.2. The molecule has 0 radical (unpaired) electrons. The molecule has 5 nitrogen and oxygen atoms in total. The Labute approximate surface area is 134 Å². The minimum absolute atomic E-state index is 0.0996. The molecule has 1 saturated heterocycles. The topological polar surface area (TPSA) is 50.2 Å². The fraction of sp³-hybridized carbons (Fsp3) is 0.765. The summed E-state index contributed by atoms with van der Waals surface area (Å²) >= 11 is 0. The van der Waals surface area contributed by atoms with E-state index in [0.717, 1.165) is 45.3 Å². The highest BCUT2D eigenvalue weighted by Crippen LogP contribution is 2.21. The van der Waals surface area contributed by atoms with Crippen LogP contribution in [0.3, 0.4) is 0 Å². The zero-order valence-electron chi connectivity index (χ0n) is 14.4. The summed E-state index contributed by atoms with van der Waals surface area (Å²) in [4.78, 5) is 14.1. The Balaban J connectivity index is 1.67. The lowest BCUT2D eigenvalue weighted by molar-refractivity contribution is 0.206. The molecule has 1 aliphatic heterocycles. The summed E-state index contributed by atoms with van der Waals surface area (Å²) < 4.78 is 1.84. The number of carbonyl (C=O) groups excluding carboxylic acids is 1. The molecule has 2 amide bonds. The quantitative estimate of drug-likeness (QED) is 0.850. The van der Waals surface area contributed by atoms with Crippen LogP contribution in [0.15, 0.2) is 12.4 Å². The van der Waals surface area contributed by atoms with Crippen molar-refractivity contribution in [2.75, 3.05) is 19.6 Å². The van der Waals surface area contributed by atoms with Crippen LogP contribution in [0.1, 0.15) is 45.6 Å². The summed E-state index contributed by atoms with van der Waals surface area (Å²) in [6.07, 6.45) is 8.27. The summed E-state index contributed by atoms with van der Waals surface area (Å²) in [5.41, 5.74) is 1.60. The normalized spacial score (nSPS) is 18.7. The number of hydrogen-bond donors (Lipinski definition) is 1. The summed E-state index contributed by atoms with van der Waals surface area (Å²) in [5, 5.41) is 7.26. The highest BCUT2D eigenvalue weighted by Gasteiger charge is 2.26. The molecule has 1 aromatic heterocycles. The fourth-order valence-electron chi connectivity index (χ4n) is 3.02. The number of rotatable bonds is 5. The van der Waals surface area contributed by atoms with Crippen LogP contribution < -0.4 is 5.32 Å². The maximum absolute atomic E-state index is 12.2. The van der Waals surface area contributed by atoms with E-state index >= 15 is 0 Å². The predicted octanol–water partition coefficient (Wildman–Crippen LogP) is 2.82. The summed E-state index contributed by atoms with van der Waals surface area (Å²) in [5.74, 6) is 0.560. The number of carbonyl (C=O) groups is 1.